The van der Waals surface area contributed by atoms with Crippen LogP contribution in [-0.4, -0.2) is 24.5 Å². The van der Waals surface area contributed by atoms with Crippen LogP contribution < -0.4 is 11.1 Å². The zero-order valence-electron chi connectivity index (χ0n) is 13.6. The van der Waals surface area contributed by atoms with Crippen molar-refractivity contribution in [1.82, 2.24) is 0 Å². The summed E-state index contributed by atoms with van der Waals surface area (Å²) in [5.41, 5.74) is 3.25. The van der Waals surface area contributed by atoms with Gasteiger partial charge in [-0.3, -0.25) is 4.79 Å². The number of halogens is 4. The van der Waals surface area contributed by atoms with E-state index in [4.69, 9.17) is 22.1 Å². The van der Waals surface area contributed by atoms with E-state index in [1.807, 2.05) is 0 Å². The minimum absolute atomic E-state index is 0.165. The Labute approximate surface area is 161 Å². The molecule has 3 atom stereocenters. The largest absolute Gasteiger partial charge is 0.462 e. The first-order valence-corrected chi connectivity index (χ1v) is 9.22. The summed E-state index contributed by atoms with van der Waals surface area (Å²) in [6.45, 7) is 0. The second-order valence-corrected chi connectivity index (χ2v) is 7.70. The Morgan fingerprint density at radius 2 is 2.22 bits per heavy atom. The lowest BCUT2D eigenvalue weighted by molar-refractivity contribution is 0.0177. The number of nitrogens with zero attached hydrogens (tertiary/aromatic N) is 1. The van der Waals surface area contributed by atoms with Crippen molar-refractivity contribution >= 4 is 40.6 Å². The number of carbonyl (C=O) groups is 1. The van der Waals surface area contributed by atoms with Gasteiger partial charge in [0, 0.05) is 22.5 Å². The highest BCUT2D eigenvalue weighted by molar-refractivity contribution is 7.12. The highest BCUT2D eigenvalue weighted by Gasteiger charge is 2.64. The number of amides is 1. The zero-order valence-corrected chi connectivity index (χ0v) is 15.2. The fourth-order valence-corrected chi connectivity index (χ4v) is 4.30. The van der Waals surface area contributed by atoms with Gasteiger partial charge in [-0.2, -0.15) is 0 Å². The fraction of sp³-hybridized carbons (Fsp3) is 0.294. The second-order valence-electron chi connectivity index (χ2n) is 6.35. The molecule has 0 radical (unpaired) electrons. The molecular formula is C17H13ClF3N3O2S. The maximum absolute atomic E-state index is 14.5. The van der Waals surface area contributed by atoms with Gasteiger partial charge in [-0.15, -0.1) is 11.3 Å². The van der Waals surface area contributed by atoms with Crippen LogP contribution in [0, 0.1) is 11.7 Å². The molecule has 2 aliphatic rings. The van der Waals surface area contributed by atoms with Crippen molar-refractivity contribution in [1.29, 1.82) is 0 Å². The van der Waals surface area contributed by atoms with E-state index in [-0.39, 0.29) is 11.3 Å². The molecule has 1 amide bonds. The average molecular weight is 416 g/mol. The summed E-state index contributed by atoms with van der Waals surface area (Å²) in [5, 5.41) is 4.56. The predicted molar refractivity (Wildman–Crippen MR) is 96.0 cm³/mol. The smallest absolute Gasteiger partial charge is 0.283 e. The number of nitrogens with two attached hydrogens (primary N) is 1. The summed E-state index contributed by atoms with van der Waals surface area (Å²) in [4.78, 5) is 16.4. The van der Waals surface area contributed by atoms with Crippen molar-refractivity contribution in [2.75, 3.05) is 5.32 Å². The number of rotatable bonds is 4. The number of aliphatic imine (C=N–C) groups is 1. The number of hydrogen-bond donors (Lipinski definition) is 2. The van der Waals surface area contributed by atoms with Gasteiger partial charge in [0.15, 0.2) is 5.54 Å². The minimum Gasteiger partial charge on any atom is -0.462 e. The van der Waals surface area contributed by atoms with Gasteiger partial charge >= 0.3 is 0 Å². The molecule has 2 aromatic rings. The third kappa shape index (κ3) is 3.04. The fourth-order valence-electron chi connectivity index (χ4n) is 3.33. The van der Waals surface area contributed by atoms with Crippen molar-refractivity contribution in [2.45, 2.75) is 24.5 Å². The van der Waals surface area contributed by atoms with Crippen LogP contribution in [-0.2, 0) is 10.3 Å². The van der Waals surface area contributed by atoms with E-state index >= 15 is 0 Å². The number of fused-ring (bicyclic) bond motifs is 1. The van der Waals surface area contributed by atoms with Crippen LogP contribution in [0.1, 0.15) is 21.7 Å². The second kappa shape index (κ2) is 6.42. The van der Waals surface area contributed by atoms with E-state index in [9.17, 15) is 18.0 Å². The van der Waals surface area contributed by atoms with Crippen LogP contribution >= 0.6 is 22.9 Å². The molecule has 1 aliphatic carbocycles. The van der Waals surface area contributed by atoms with Gasteiger partial charge in [0.2, 0.25) is 0 Å². The molecule has 1 aromatic heterocycles. The van der Waals surface area contributed by atoms with Crippen LogP contribution in [0.4, 0.5) is 18.9 Å². The van der Waals surface area contributed by atoms with Crippen molar-refractivity contribution in [3.8, 4) is 0 Å². The van der Waals surface area contributed by atoms with E-state index in [0.717, 1.165) is 17.4 Å². The number of hydrogen-bond acceptors (Lipinski definition) is 5. The maximum Gasteiger partial charge on any atom is 0.283 e. The zero-order chi connectivity index (χ0) is 19.3. The van der Waals surface area contributed by atoms with Crippen LogP contribution in [0.5, 0.6) is 0 Å². The lowest BCUT2D eigenvalue weighted by Gasteiger charge is -2.33. The summed E-state index contributed by atoms with van der Waals surface area (Å²) in [7, 11) is 0. The summed E-state index contributed by atoms with van der Waals surface area (Å²) in [5.74, 6) is -2.01. The standard InChI is InChI=1S/C17H13ClF3N3O2S/c18-7-3-13(27-6-7)14(25)23-8-1-2-11(19)9(4-8)17(15(20)21)10-5-12(10)26-16(22)24-17/h1-4,6,10,12,15H,5H2,(H2,22,24)(H,23,25)/t10-,12+,17+/m0/s1. The lowest BCUT2D eigenvalue weighted by Crippen LogP contribution is -2.43. The molecule has 10 heteroatoms. The van der Waals surface area contributed by atoms with E-state index in [1.165, 1.54) is 18.2 Å². The maximum atomic E-state index is 14.5. The molecule has 1 fully saturated rings. The van der Waals surface area contributed by atoms with Gasteiger partial charge in [0.25, 0.3) is 18.4 Å². The van der Waals surface area contributed by atoms with Crippen molar-refractivity contribution < 1.29 is 22.7 Å². The number of ether oxygens (including phenoxy) is 1. The molecule has 142 valence electrons. The van der Waals surface area contributed by atoms with E-state index < -0.39 is 41.7 Å². The van der Waals surface area contributed by atoms with Gasteiger partial charge in [0.1, 0.15) is 11.9 Å². The van der Waals surface area contributed by atoms with Crippen molar-refractivity contribution in [3.05, 3.63) is 50.9 Å². The van der Waals surface area contributed by atoms with Gasteiger partial charge in [-0.1, -0.05) is 11.6 Å². The molecular weight excluding hydrogens is 403 g/mol. The van der Waals surface area contributed by atoms with Crippen LogP contribution in [0.3, 0.4) is 0 Å². The van der Waals surface area contributed by atoms with Crippen molar-refractivity contribution in [2.24, 2.45) is 16.6 Å². The number of alkyl halides is 2. The molecule has 2 heterocycles. The number of nitrogens with one attached hydrogen (secondary N) is 1. The summed E-state index contributed by atoms with van der Waals surface area (Å²) < 4.78 is 47.8. The summed E-state index contributed by atoms with van der Waals surface area (Å²) in [6, 6.07) is 4.57. The van der Waals surface area contributed by atoms with Gasteiger partial charge in [-0.05, 0) is 30.7 Å². The number of amidine groups is 1. The van der Waals surface area contributed by atoms with Gasteiger partial charge in [0.05, 0.1) is 9.90 Å². The van der Waals surface area contributed by atoms with Gasteiger partial charge in [-0.25, -0.2) is 18.2 Å². The summed E-state index contributed by atoms with van der Waals surface area (Å²) >= 11 is 6.93. The number of thiophene rings is 1. The molecule has 0 saturated heterocycles. The molecule has 1 saturated carbocycles. The third-order valence-corrected chi connectivity index (χ3v) is 5.92. The Morgan fingerprint density at radius 1 is 1.44 bits per heavy atom. The number of benzene rings is 1. The number of carbonyl (C=O) groups excluding carboxylic acids is 1. The Hall–Kier alpha value is -2.26. The molecule has 0 spiro atoms. The van der Waals surface area contributed by atoms with Gasteiger partial charge < -0.3 is 15.8 Å². The Kier molecular flexibility index (Phi) is 4.31. The molecule has 1 aromatic carbocycles. The molecule has 4 rings (SSSR count). The Balaban J connectivity index is 1.72. The topological polar surface area (TPSA) is 76.7 Å². The van der Waals surface area contributed by atoms with Crippen LogP contribution in [0.2, 0.25) is 5.02 Å². The quantitative estimate of drug-likeness (QED) is 0.792. The molecule has 0 unspecified atom stereocenters. The van der Waals surface area contributed by atoms with Crippen molar-refractivity contribution in [3.63, 3.8) is 0 Å². The Morgan fingerprint density at radius 3 is 2.89 bits per heavy atom. The third-order valence-electron chi connectivity index (χ3n) is 4.64. The highest BCUT2D eigenvalue weighted by atomic mass is 35.5. The first-order valence-electron chi connectivity index (χ1n) is 7.97. The van der Waals surface area contributed by atoms with Crippen LogP contribution in [0.15, 0.2) is 34.6 Å². The highest BCUT2D eigenvalue weighted by Crippen LogP contribution is 2.56. The normalized spacial score (nSPS) is 26.2. The average Bonchev–Trinajstić information content (AvgIpc) is 3.26. The van der Waals surface area contributed by atoms with E-state index in [1.54, 1.807) is 5.38 Å². The number of anilines is 1. The molecule has 27 heavy (non-hydrogen) atoms. The SMILES string of the molecule is NC1=N[C@@](c2cc(NC(=O)c3cc(Cl)cs3)ccc2F)(C(F)F)[C@H]2C[C@H]2O1. The predicted octanol–water partition coefficient (Wildman–Crippen LogP) is 3.99. The van der Waals surface area contributed by atoms with Crippen LogP contribution in [0.25, 0.3) is 0 Å². The molecule has 1 aliphatic heterocycles. The van der Waals surface area contributed by atoms with E-state index in [2.05, 4.69) is 10.3 Å². The molecule has 5 nitrogen and oxygen atoms in total. The molecule has 0 bridgehead atoms. The lowest BCUT2D eigenvalue weighted by atomic mass is 9.84. The summed E-state index contributed by atoms with van der Waals surface area (Å²) in [6.07, 6.45) is -3.20. The molecule has 3 N–H and O–H groups in total. The monoisotopic (exact) mass is 415 g/mol. The van der Waals surface area contributed by atoms with E-state index in [0.29, 0.717) is 16.3 Å². The Bertz CT molecular complexity index is 951. The first kappa shape index (κ1) is 18.1. The minimum atomic E-state index is -2.99. The first-order chi connectivity index (χ1) is 12.8.